The van der Waals surface area contributed by atoms with Gasteiger partial charge in [-0.25, -0.2) is 4.68 Å². The van der Waals surface area contributed by atoms with Crippen LogP contribution in [0.4, 0.5) is 0 Å². The lowest BCUT2D eigenvalue weighted by molar-refractivity contribution is -0.147. The van der Waals surface area contributed by atoms with E-state index in [1.165, 1.54) is 0 Å². The summed E-state index contributed by atoms with van der Waals surface area (Å²) in [7, 11) is 0. The van der Waals surface area contributed by atoms with Crippen LogP contribution in [0.1, 0.15) is 12.0 Å². The number of morpholine rings is 1. The number of aliphatic carboxylic acids is 1. The Morgan fingerprint density at radius 3 is 2.75 bits per heavy atom. The number of hydrogen-bond acceptors (Lipinski definition) is 4. The minimum absolute atomic E-state index is 0.0134. The van der Waals surface area contributed by atoms with E-state index in [-0.39, 0.29) is 12.3 Å². The molecule has 2 heterocycles. The molecule has 1 amide bonds. The molecule has 1 N–H and O–H groups in total. The summed E-state index contributed by atoms with van der Waals surface area (Å²) in [6, 6.07) is 9.50. The van der Waals surface area contributed by atoms with Gasteiger partial charge in [-0.2, -0.15) is 5.10 Å². The van der Waals surface area contributed by atoms with Crippen LogP contribution in [0, 0.1) is 0 Å². The first-order valence-corrected chi connectivity index (χ1v) is 7.82. The molecule has 1 atom stereocenters. The van der Waals surface area contributed by atoms with Crippen LogP contribution >= 0.6 is 0 Å². The highest BCUT2D eigenvalue weighted by Crippen LogP contribution is 2.13. The maximum Gasteiger partial charge on any atom is 0.306 e. The van der Waals surface area contributed by atoms with Gasteiger partial charge in [0, 0.05) is 25.5 Å². The Balaban J connectivity index is 1.59. The van der Waals surface area contributed by atoms with Crippen molar-refractivity contribution in [2.24, 2.45) is 0 Å². The SMILES string of the molecule is O=C(O)CC1CN(C(=O)Cc2ccc(-n3cccn3)cc2)CCO1. The van der Waals surface area contributed by atoms with Crippen molar-refractivity contribution in [2.45, 2.75) is 18.9 Å². The Kier molecular flexibility index (Phi) is 4.90. The Hall–Kier alpha value is -2.67. The van der Waals surface area contributed by atoms with Gasteiger partial charge in [-0.3, -0.25) is 9.59 Å². The van der Waals surface area contributed by atoms with Gasteiger partial charge in [0.05, 0.1) is 31.2 Å². The predicted octanol–water partition coefficient (Wildman–Crippen LogP) is 1.12. The van der Waals surface area contributed by atoms with Crippen LogP contribution in [0.5, 0.6) is 0 Å². The van der Waals surface area contributed by atoms with Crippen LogP contribution in [-0.4, -0.2) is 57.5 Å². The maximum absolute atomic E-state index is 12.4. The predicted molar refractivity (Wildman–Crippen MR) is 85.8 cm³/mol. The Bertz CT molecular complexity index is 697. The van der Waals surface area contributed by atoms with E-state index in [1.807, 2.05) is 36.5 Å². The van der Waals surface area contributed by atoms with Gasteiger partial charge in [0.1, 0.15) is 0 Å². The molecule has 0 aliphatic carbocycles. The second-order valence-corrected chi connectivity index (χ2v) is 5.72. The number of nitrogens with zero attached hydrogens (tertiary/aromatic N) is 3. The van der Waals surface area contributed by atoms with Gasteiger partial charge >= 0.3 is 5.97 Å². The number of aromatic nitrogens is 2. The van der Waals surface area contributed by atoms with Crippen molar-refractivity contribution in [1.29, 1.82) is 0 Å². The Morgan fingerprint density at radius 1 is 1.29 bits per heavy atom. The molecular weight excluding hydrogens is 310 g/mol. The van der Waals surface area contributed by atoms with Gasteiger partial charge in [-0.1, -0.05) is 12.1 Å². The first-order chi connectivity index (χ1) is 11.6. The lowest BCUT2D eigenvalue weighted by atomic mass is 10.1. The summed E-state index contributed by atoms with van der Waals surface area (Å²) in [6.45, 7) is 1.21. The zero-order valence-electron chi connectivity index (χ0n) is 13.2. The van der Waals surface area contributed by atoms with E-state index in [2.05, 4.69) is 5.10 Å². The summed E-state index contributed by atoms with van der Waals surface area (Å²) in [4.78, 5) is 24.9. The van der Waals surface area contributed by atoms with Gasteiger partial charge in [0.15, 0.2) is 0 Å². The fourth-order valence-electron chi connectivity index (χ4n) is 2.74. The van der Waals surface area contributed by atoms with Crippen molar-refractivity contribution in [1.82, 2.24) is 14.7 Å². The Morgan fingerprint density at radius 2 is 2.08 bits per heavy atom. The molecule has 126 valence electrons. The van der Waals surface area contributed by atoms with Gasteiger partial charge < -0.3 is 14.7 Å². The molecule has 0 spiro atoms. The number of ether oxygens (including phenoxy) is 1. The molecule has 7 heteroatoms. The molecule has 2 aromatic rings. The molecule has 7 nitrogen and oxygen atoms in total. The monoisotopic (exact) mass is 329 g/mol. The van der Waals surface area contributed by atoms with Crippen molar-refractivity contribution in [3.05, 3.63) is 48.3 Å². The largest absolute Gasteiger partial charge is 0.481 e. The van der Waals surface area contributed by atoms with Gasteiger partial charge in [-0.05, 0) is 23.8 Å². The minimum atomic E-state index is -0.913. The fourth-order valence-corrected chi connectivity index (χ4v) is 2.74. The third-order valence-electron chi connectivity index (χ3n) is 3.95. The number of hydrogen-bond donors (Lipinski definition) is 1. The molecule has 24 heavy (non-hydrogen) atoms. The van der Waals surface area contributed by atoms with Gasteiger partial charge in [-0.15, -0.1) is 0 Å². The zero-order chi connectivity index (χ0) is 16.9. The highest BCUT2D eigenvalue weighted by molar-refractivity contribution is 5.79. The van der Waals surface area contributed by atoms with Crippen LogP contribution in [0.15, 0.2) is 42.7 Å². The first-order valence-electron chi connectivity index (χ1n) is 7.82. The second-order valence-electron chi connectivity index (χ2n) is 5.72. The molecule has 1 aromatic heterocycles. The molecule has 1 saturated heterocycles. The number of carboxylic acid groups (broad SMARTS) is 1. The van der Waals surface area contributed by atoms with Crippen LogP contribution in [-0.2, 0) is 20.7 Å². The topological polar surface area (TPSA) is 84.7 Å². The standard InChI is InChI=1S/C17H19N3O4/c21-16(19-8-9-24-15(12-19)11-17(22)23)10-13-2-4-14(5-3-13)20-7-1-6-18-20/h1-7,15H,8-12H2,(H,22,23). The second kappa shape index (κ2) is 7.27. The summed E-state index contributed by atoms with van der Waals surface area (Å²) in [6.07, 6.45) is 3.35. The fraction of sp³-hybridized carbons (Fsp3) is 0.353. The number of carbonyl (C=O) groups excluding carboxylic acids is 1. The van der Waals surface area contributed by atoms with E-state index in [9.17, 15) is 9.59 Å². The van der Waals surface area contributed by atoms with E-state index >= 15 is 0 Å². The highest BCUT2D eigenvalue weighted by Gasteiger charge is 2.25. The summed E-state index contributed by atoms with van der Waals surface area (Å²) in [5.74, 6) is -0.927. The summed E-state index contributed by atoms with van der Waals surface area (Å²) in [5, 5.41) is 13.0. The van der Waals surface area contributed by atoms with E-state index in [0.29, 0.717) is 26.1 Å². The molecule has 1 unspecified atom stereocenters. The zero-order valence-corrected chi connectivity index (χ0v) is 13.2. The average Bonchev–Trinajstić information content (AvgIpc) is 3.09. The summed E-state index contributed by atoms with van der Waals surface area (Å²) >= 11 is 0. The van der Waals surface area contributed by atoms with Crippen molar-refractivity contribution >= 4 is 11.9 Å². The summed E-state index contributed by atoms with van der Waals surface area (Å²) < 4.78 is 7.15. The lowest BCUT2D eigenvalue weighted by Crippen LogP contribution is -2.46. The van der Waals surface area contributed by atoms with Crippen LogP contribution < -0.4 is 0 Å². The van der Waals surface area contributed by atoms with Crippen molar-refractivity contribution in [3.63, 3.8) is 0 Å². The molecule has 3 rings (SSSR count). The average molecular weight is 329 g/mol. The third-order valence-corrected chi connectivity index (χ3v) is 3.95. The molecule has 0 radical (unpaired) electrons. The number of amides is 1. The molecule has 0 bridgehead atoms. The molecule has 1 fully saturated rings. The molecular formula is C17H19N3O4. The van der Waals surface area contributed by atoms with Crippen molar-refractivity contribution in [3.8, 4) is 5.69 Å². The smallest absolute Gasteiger partial charge is 0.306 e. The van der Waals surface area contributed by atoms with Gasteiger partial charge in [0.25, 0.3) is 0 Å². The maximum atomic E-state index is 12.4. The van der Waals surface area contributed by atoms with E-state index in [0.717, 1.165) is 11.3 Å². The third kappa shape index (κ3) is 3.99. The quantitative estimate of drug-likeness (QED) is 0.888. The van der Waals surface area contributed by atoms with Crippen LogP contribution in [0.2, 0.25) is 0 Å². The first kappa shape index (κ1) is 16.2. The molecule has 0 saturated carbocycles. The Labute approximate surface area is 139 Å². The number of carbonyl (C=O) groups is 2. The highest BCUT2D eigenvalue weighted by atomic mass is 16.5. The van der Waals surface area contributed by atoms with E-state index in [1.54, 1.807) is 15.8 Å². The van der Waals surface area contributed by atoms with Gasteiger partial charge in [0.2, 0.25) is 5.91 Å². The van der Waals surface area contributed by atoms with E-state index < -0.39 is 12.1 Å². The summed E-state index contributed by atoms with van der Waals surface area (Å²) in [5.41, 5.74) is 1.85. The molecule has 1 aromatic carbocycles. The van der Waals surface area contributed by atoms with Crippen molar-refractivity contribution < 1.29 is 19.4 Å². The number of carboxylic acids is 1. The lowest BCUT2D eigenvalue weighted by Gasteiger charge is -2.32. The van der Waals surface area contributed by atoms with Crippen LogP contribution in [0.3, 0.4) is 0 Å². The van der Waals surface area contributed by atoms with E-state index in [4.69, 9.17) is 9.84 Å². The number of rotatable bonds is 5. The van der Waals surface area contributed by atoms with Crippen LogP contribution in [0.25, 0.3) is 5.69 Å². The number of benzene rings is 1. The minimum Gasteiger partial charge on any atom is -0.481 e. The van der Waals surface area contributed by atoms with Crippen molar-refractivity contribution in [2.75, 3.05) is 19.7 Å². The molecule has 1 aliphatic heterocycles. The normalized spacial score (nSPS) is 17.7. The molecule has 1 aliphatic rings.